The van der Waals surface area contributed by atoms with E-state index in [1.807, 2.05) is 30.3 Å². The minimum Gasteiger partial charge on any atom is -0.482 e. The molecule has 0 bridgehead atoms. The summed E-state index contributed by atoms with van der Waals surface area (Å²) in [6, 6.07) is 11.1. The predicted octanol–water partition coefficient (Wildman–Crippen LogP) is 3.66. The molecule has 5 heteroatoms. The molecule has 0 fully saturated rings. The van der Waals surface area contributed by atoms with Crippen molar-refractivity contribution in [2.45, 2.75) is 6.92 Å². The number of nitrogens with zero attached hydrogens (tertiary/aromatic N) is 1. The first-order valence-electron chi connectivity index (χ1n) is 6.17. The number of alkyl halides is 1. The Morgan fingerprint density at radius 2 is 2.00 bits per heavy atom. The van der Waals surface area contributed by atoms with Gasteiger partial charge in [0.05, 0.1) is 6.61 Å². The van der Waals surface area contributed by atoms with Gasteiger partial charge in [-0.3, -0.25) is 0 Å². The summed E-state index contributed by atoms with van der Waals surface area (Å²) in [6.45, 7) is 2.10. The average molecular weight is 336 g/mol. The minimum absolute atomic E-state index is 0.323. The van der Waals surface area contributed by atoms with Crippen molar-refractivity contribution in [1.29, 1.82) is 0 Å². The SMILES string of the molecule is CCOC(=O)c1ncccc1-c1ccc(OCBr)cc1. The highest BCUT2D eigenvalue weighted by molar-refractivity contribution is 9.09. The van der Waals surface area contributed by atoms with Crippen molar-refractivity contribution >= 4 is 21.9 Å². The Morgan fingerprint density at radius 1 is 1.25 bits per heavy atom. The molecule has 1 heterocycles. The molecule has 1 aromatic heterocycles. The fourth-order valence-electron chi connectivity index (χ4n) is 1.79. The Kier molecular flexibility index (Phi) is 5.12. The Labute approximate surface area is 125 Å². The summed E-state index contributed by atoms with van der Waals surface area (Å²) < 4.78 is 10.3. The zero-order chi connectivity index (χ0) is 14.4. The summed E-state index contributed by atoms with van der Waals surface area (Å²) in [7, 11) is 0. The summed E-state index contributed by atoms with van der Waals surface area (Å²) in [4.78, 5) is 16.0. The Bertz CT molecular complexity index is 584. The van der Waals surface area contributed by atoms with E-state index < -0.39 is 5.97 Å². The van der Waals surface area contributed by atoms with Crippen LogP contribution in [0.15, 0.2) is 42.6 Å². The quantitative estimate of drug-likeness (QED) is 0.618. The van der Waals surface area contributed by atoms with Crippen LogP contribution in [-0.4, -0.2) is 23.1 Å². The topological polar surface area (TPSA) is 48.4 Å². The van der Waals surface area contributed by atoms with Crippen LogP contribution in [0.2, 0.25) is 0 Å². The largest absolute Gasteiger partial charge is 0.482 e. The van der Waals surface area contributed by atoms with Gasteiger partial charge in [0.2, 0.25) is 0 Å². The first-order chi connectivity index (χ1) is 9.76. The molecule has 104 valence electrons. The lowest BCUT2D eigenvalue weighted by molar-refractivity contribution is 0.0520. The van der Waals surface area contributed by atoms with E-state index in [2.05, 4.69) is 20.9 Å². The number of ether oxygens (including phenoxy) is 2. The number of hydrogen-bond donors (Lipinski definition) is 0. The molecule has 0 unspecified atom stereocenters. The molecule has 0 radical (unpaired) electrons. The molecular formula is C15H14BrNO3. The van der Waals surface area contributed by atoms with Gasteiger partial charge in [-0.05, 0) is 46.6 Å². The number of esters is 1. The summed E-state index contributed by atoms with van der Waals surface area (Å²) in [5.41, 5.74) is 2.40. The van der Waals surface area contributed by atoms with Crippen molar-refractivity contribution in [3.63, 3.8) is 0 Å². The van der Waals surface area contributed by atoms with Gasteiger partial charge in [0.15, 0.2) is 5.69 Å². The monoisotopic (exact) mass is 335 g/mol. The van der Waals surface area contributed by atoms with E-state index in [1.165, 1.54) is 0 Å². The smallest absolute Gasteiger partial charge is 0.357 e. The van der Waals surface area contributed by atoms with Gasteiger partial charge in [-0.1, -0.05) is 18.2 Å². The Balaban J connectivity index is 2.34. The first kappa shape index (κ1) is 14.5. The fraction of sp³-hybridized carbons (Fsp3) is 0.200. The van der Waals surface area contributed by atoms with Gasteiger partial charge in [-0.25, -0.2) is 9.78 Å². The molecule has 0 N–H and O–H groups in total. The summed E-state index contributed by atoms with van der Waals surface area (Å²) in [5.74, 6) is 0.344. The maximum Gasteiger partial charge on any atom is 0.357 e. The standard InChI is InChI=1S/C15H14BrNO3/c1-2-19-15(18)14-13(4-3-9-17-14)11-5-7-12(8-6-11)20-10-16/h3-9H,2,10H2,1H3. The van der Waals surface area contributed by atoms with Crippen LogP contribution in [-0.2, 0) is 4.74 Å². The highest BCUT2D eigenvalue weighted by Gasteiger charge is 2.14. The summed E-state index contributed by atoms with van der Waals surface area (Å²) in [6.07, 6.45) is 1.58. The fourth-order valence-corrected chi connectivity index (χ4v) is 2.06. The molecule has 0 saturated heterocycles. The van der Waals surface area contributed by atoms with Gasteiger partial charge in [-0.2, -0.15) is 0 Å². The molecule has 0 amide bonds. The van der Waals surface area contributed by atoms with Crippen LogP contribution in [0.4, 0.5) is 0 Å². The highest BCUT2D eigenvalue weighted by Crippen LogP contribution is 2.25. The van der Waals surface area contributed by atoms with Gasteiger partial charge < -0.3 is 9.47 Å². The van der Waals surface area contributed by atoms with Gasteiger partial charge >= 0.3 is 5.97 Å². The molecule has 0 aliphatic carbocycles. The molecule has 4 nitrogen and oxygen atoms in total. The lowest BCUT2D eigenvalue weighted by Crippen LogP contribution is -2.08. The van der Waals surface area contributed by atoms with Crippen molar-refractivity contribution in [2.75, 3.05) is 12.1 Å². The zero-order valence-corrected chi connectivity index (χ0v) is 12.6. The maximum absolute atomic E-state index is 11.9. The van der Waals surface area contributed by atoms with Crippen LogP contribution in [0.25, 0.3) is 11.1 Å². The van der Waals surface area contributed by atoms with E-state index in [0.717, 1.165) is 16.9 Å². The predicted molar refractivity (Wildman–Crippen MR) is 80.1 cm³/mol. The van der Waals surface area contributed by atoms with Crippen LogP contribution < -0.4 is 4.74 Å². The van der Waals surface area contributed by atoms with Crippen LogP contribution >= 0.6 is 15.9 Å². The first-order valence-corrected chi connectivity index (χ1v) is 7.29. The van der Waals surface area contributed by atoms with Gasteiger partial charge in [-0.15, -0.1) is 0 Å². The molecule has 0 aliphatic heterocycles. The van der Waals surface area contributed by atoms with Gasteiger partial charge in [0, 0.05) is 11.8 Å². The van der Waals surface area contributed by atoms with E-state index in [-0.39, 0.29) is 0 Å². The molecule has 0 atom stereocenters. The van der Waals surface area contributed by atoms with Crippen molar-refractivity contribution in [3.05, 3.63) is 48.3 Å². The molecule has 2 aromatic rings. The van der Waals surface area contributed by atoms with Crippen LogP contribution in [0.1, 0.15) is 17.4 Å². The third-order valence-corrected chi connectivity index (χ3v) is 2.89. The van der Waals surface area contributed by atoms with E-state index in [0.29, 0.717) is 17.8 Å². The maximum atomic E-state index is 11.9. The number of carbonyl (C=O) groups is 1. The van der Waals surface area contributed by atoms with Crippen molar-refractivity contribution in [2.24, 2.45) is 0 Å². The van der Waals surface area contributed by atoms with Gasteiger partial charge in [0.1, 0.15) is 11.3 Å². The Hall–Kier alpha value is -1.88. The number of halogens is 1. The lowest BCUT2D eigenvalue weighted by atomic mass is 10.0. The second-order valence-electron chi connectivity index (χ2n) is 3.90. The second kappa shape index (κ2) is 7.05. The molecule has 2 rings (SSSR count). The van der Waals surface area contributed by atoms with E-state index >= 15 is 0 Å². The number of aromatic nitrogens is 1. The molecular weight excluding hydrogens is 322 g/mol. The number of benzene rings is 1. The van der Waals surface area contributed by atoms with E-state index in [1.54, 1.807) is 19.2 Å². The third-order valence-electron chi connectivity index (χ3n) is 2.66. The molecule has 0 spiro atoms. The summed E-state index contributed by atoms with van der Waals surface area (Å²) in [5, 5.41) is 0. The number of carbonyl (C=O) groups excluding carboxylic acids is 1. The summed E-state index contributed by atoms with van der Waals surface area (Å²) >= 11 is 3.20. The van der Waals surface area contributed by atoms with E-state index in [9.17, 15) is 4.79 Å². The number of rotatable bonds is 5. The average Bonchev–Trinajstić information content (AvgIpc) is 2.49. The highest BCUT2D eigenvalue weighted by atomic mass is 79.9. The number of hydrogen-bond acceptors (Lipinski definition) is 4. The van der Waals surface area contributed by atoms with E-state index in [4.69, 9.17) is 9.47 Å². The molecule has 0 aliphatic rings. The lowest BCUT2D eigenvalue weighted by Gasteiger charge is -2.08. The van der Waals surface area contributed by atoms with Crippen LogP contribution in [0, 0.1) is 0 Å². The second-order valence-corrected chi connectivity index (χ2v) is 4.36. The van der Waals surface area contributed by atoms with Gasteiger partial charge in [0.25, 0.3) is 0 Å². The molecule has 0 saturated carbocycles. The Morgan fingerprint density at radius 3 is 2.65 bits per heavy atom. The van der Waals surface area contributed by atoms with Crippen molar-refractivity contribution < 1.29 is 14.3 Å². The van der Waals surface area contributed by atoms with Crippen LogP contribution in [0.3, 0.4) is 0 Å². The zero-order valence-electron chi connectivity index (χ0n) is 11.0. The normalized spacial score (nSPS) is 10.1. The molecule has 1 aromatic carbocycles. The minimum atomic E-state index is -0.413. The molecule has 20 heavy (non-hydrogen) atoms. The third kappa shape index (κ3) is 3.36. The van der Waals surface area contributed by atoms with Crippen molar-refractivity contribution in [3.8, 4) is 16.9 Å². The van der Waals surface area contributed by atoms with Crippen molar-refractivity contribution in [1.82, 2.24) is 4.98 Å². The van der Waals surface area contributed by atoms with Crippen LogP contribution in [0.5, 0.6) is 5.75 Å². The number of pyridine rings is 1.